The lowest BCUT2D eigenvalue weighted by molar-refractivity contribution is 0.318. The molecule has 0 saturated heterocycles. The van der Waals surface area contributed by atoms with Gasteiger partial charge in [0.15, 0.2) is 5.84 Å². The summed E-state index contributed by atoms with van der Waals surface area (Å²) in [5.74, 6) is 0.135. The fraction of sp³-hybridized carbons (Fsp3) is 0.235. The summed E-state index contributed by atoms with van der Waals surface area (Å²) in [4.78, 5) is 0. The van der Waals surface area contributed by atoms with Gasteiger partial charge in [0.05, 0.1) is 0 Å². The van der Waals surface area contributed by atoms with Crippen LogP contribution < -0.4 is 11.1 Å². The molecule has 4 heteroatoms. The van der Waals surface area contributed by atoms with E-state index >= 15 is 0 Å². The Morgan fingerprint density at radius 3 is 2.52 bits per heavy atom. The summed E-state index contributed by atoms with van der Waals surface area (Å²) < 4.78 is 0. The lowest BCUT2D eigenvalue weighted by Gasteiger charge is -2.16. The van der Waals surface area contributed by atoms with Gasteiger partial charge in [0.2, 0.25) is 0 Å². The van der Waals surface area contributed by atoms with Crippen LogP contribution in [0, 0.1) is 6.92 Å². The predicted octanol–water partition coefficient (Wildman–Crippen LogP) is 2.94. The lowest BCUT2D eigenvalue weighted by atomic mass is 10.0. The molecule has 0 aliphatic rings. The van der Waals surface area contributed by atoms with E-state index in [4.69, 9.17) is 10.9 Å². The first-order chi connectivity index (χ1) is 10.1. The molecule has 2 rings (SSSR count). The molecular weight excluding hydrogens is 262 g/mol. The maximum atomic E-state index is 8.84. The number of nitrogens with two attached hydrogens (primary N) is 1. The van der Waals surface area contributed by atoms with Crippen molar-refractivity contribution in [2.75, 3.05) is 0 Å². The van der Waals surface area contributed by atoms with Gasteiger partial charge in [0.25, 0.3) is 0 Å². The van der Waals surface area contributed by atoms with Gasteiger partial charge in [-0.3, -0.25) is 0 Å². The number of hydrogen-bond donors (Lipinski definition) is 3. The first-order valence-electron chi connectivity index (χ1n) is 6.97. The number of aryl methyl sites for hydroxylation is 1. The van der Waals surface area contributed by atoms with Crippen LogP contribution >= 0.6 is 0 Å². The van der Waals surface area contributed by atoms with Crippen LogP contribution in [-0.2, 0) is 6.54 Å². The number of nitrogens with one attached hydrogen (secondary N) is 1. The van der Waals surface area contributed by atoms with E-state index < -0.39 is 0 Å². The monoisotopic (exact) mass is 283 g/mol. The van der Waals surface area contributed by atoms with Crippen LogP contribution in [0.4, 0.5) is 0 Å². The molecule has 0 aliphatic carbocycles. The smallest absolute Gasteiger partial charge is 0.170 e. The molecule has 0 unspecified atom stereocenters. The molecule has 0 heterocycles. The number of oxime groups is 1. The number of hydrogen-bond acceptors (Lipinski definition) is 3. The van der Waals surface area contributed by atoms with Crippen molar-refractivity contribution in [3.63, 3.8) is 0 Å². The summed E-state index contributed by atoms with van der Waals surface area (Å²) in [7, 11) is 0. The van der Waals surface area contributed by atoms with Crippen molar-refractivity contribution in [1.82, 2.24) is 5.32 Å². The van der Waals surface area contributed by atoms with Crippen LogP contribution in [0.5, 0.6) is 0 Å². The Labute approximate surface area is 125 Å². The van der Waals surface area contributed by atoms with E-state index in [1.54, 1.807) is 0 Å². The van der Waals surface area contributed by atoms with E-state index in [1.165, 1.54) is 11.1 Å². The van der Waals surface area contributed by atoms with E-state index in [2.05, 4.69) is 48.6 Å². The van der Waals surface area contributed by atoms with Gasteiger partial charge in [-0.2, -0.15) is 0 Å². The highest BCUT2D eigenvalue weighted by molar-refractivity contribution is 5.98. The summed E-state index contributed by atoms with van der Waals surface area (Å²) in [6.45, 7) is 4.85. The minimum atomic E-state index is 0.135. The van der Waals surface area contributed by atoms with Crippen LogP contribution in [0.15, 0.2) is 53.7 Å². The largest absolute Gasteiger partial charge is 0.409 e. The van der Waals surface area contributed by atoms with Gasteiger partial charge >= 0.3 is 0 Å². The number of benzene rings is 2. The Morgan fingerprint density at radius 2 is 1.86 bits per heavy atom. The highest BCUT2D eigenvalue weighted by atomic mass is 16.4. The van der Waals surface area contributed by atoms with Crippen LogP contribution in [0.2, 0.25) is 0 Å². The molecule has 0 saturated carbocycles. The van der Waals surface area contributed by atoms with E-state index in [9.17, 15) is 0 Å². The van der Waals surface area contributed by atoms with Crippen molar-refractivity contribution in [1.29, 1.82) is 0 Å². The highest BCUT2D eigenvalue weighted by Crippen LogP contribution is 2.15. The molecule has 4 nitrogen and oxygen atoms in total. The third-order valence-corrected chi connectivity index (χ3v) is 3.58. The van der Waals surface area contributed by atoms with Gasteiger partial charge in [-0.15, -0.1) is 0 Å². The summed E-state index contributed by atoms with van der Waals surface area (Å²) in [6, 6.07) is 16.3. The molecule has 2 aromatic carbocycles. The molecule has 21 heavy (non-hydrogen) atoms. The number of nitrogens with zero attached hydrogens (tertiary/aromatic N) is 1. The molecule has 110 valence electrons. The van der Waals surface area contributed by atoms with E-state index in [0.29, 0.717) is 6.54 Å². The predicted molar refractivity (Wildman–Crippen MR) is 85.4 cm³/mol. The maximum Gasteiger partial charge on any atom is 0.170 e. The second-order valence-electron chi connectivity index (χ2n) is 5.16. The molecule has 0 spiro atoms. The van der Waals surface area contributed by atoms with Crippen LogP contribution in [0.1, 0.15) is 35.2 Å². The molecule has 2 aromatic rings. The average molecular weight is 283 g/mol. The van der Waals surface area contributed by atoms with Crippen molar-refractivity contribution in [2.24, 2.45) is 10.9 Å². The molecule has 0 aliphatic heterocycles. The lowest BCUT2D eigenvalue weighted by Crippen LogP contribution is -2.22. The number of amidine groups is 1. The molecule has 0 aromatic heterocycles. The Hall–Kier alpha value is -2.33. The van der Waals surface area contributed by atoms with Gasteiger partial charge in [0.1, 0.15) is 0 Å². The molecule has 0 radical (unpaired) electrons. The van der Waals surface area contributed by atoms with Crippen molar-refractivity contribution in [2.45, 2.75) is 26.4 Å². The zero-order valence-electron chi connectivity index (χ0n) is 12.4. The van der Waals surface area contributed by atoms with E-state index in [1.807, 2.05) is 24.3 Å². The molecule has 0 fully saturated rings. The van der Waals surface area contributed by atoms with Crippen molar-refractivity contribution in [3.8, 4) is 0 Å². The standard InChI is InChI=1S/C17H21N3O/c1-12-7-9-14(10-8-12)13(2)19-11-15-5-3-4-6-16(15)17(18)20-21/h3-10,13,19,21H,11H2,1-2H3,(H2,18,20)/t13-/m0/s1. The first-order valence-corrected chi connectivity index (χ1v) is 6.97. The maximum absolute atomic E-state index is 8.84. The summed E-state index contributed by atoms with van der Waals surface area (Å²) in [6.07, 6.45) is 0. The SMILES string of the molecule is Cc1ccc([C@H](C)NCc2ccccc2/C(N)=N/O)cc1. The van der Waals surface area contributed by atoms with Crippen LogP contribution in [-0.4, -0.2) is 11.0 Å². The van der Waals surface area contributed by atoms with Crippen LogP contribution in [0.3, 0.4) is 0 Å². The van der Waals surface area contributed by atoms with Crippen molar-refractivity contribution in [3.05, 3.63) is 70.8 Å². The quantitative estimate of drug-likeness (QED) is 0.342. The molecule has 4 N–H and O–H groups in total. The zero-order chi connectivity index (χ0) is 15.2. The topological polar surface area (TPSA) is 70.6 Å². The summed E-state index contributed by atoms with van der Waals surface area (Å²) in [5.41, 5.74) is 9.95. The minimum Gasteiger partial charge on any atom is -0.409 e. The van der Waals surface area contributed by atoms with Gasteiger partial charge in [-0.05, 0) is 25.0 Å². The average Bonchev–Trinajstić information content (AvgIpc) is 2.52. The Balaban J connectivity index is 2.08. The number of rotatable bonds is 5. The highest BCUT2D eigenvalue weighted by Gasteiger charge is 2.09. The van der Waals surface area contributed by atoms with Gasteiger partial charge in [-0.25, -0.2) is 0 Å². The Kier molecular flexibility index (Phi) is 4.95. The van der Waals surface area contributed by atoms with Crippen LogP contribution in [0.25, 0.3) is 0 Å². The van der Waals surface area contributed by atoms with E-state index in [0.717, 1.165) is 11.1 Å². The first kappa shape index (κ1) is 15.1. The van der Waals surface area contributed by atoms with Gasteiger partial charge in [-0.1, -0.05) is 59.3 Å². The summed E-state index contributed by atoms with van der Waals surface area (Å²) >= 11 is 0. The molecule has 0 bridgehead atoms. The Morgan fingerprint density at radius 1 is 1.19 bits per heavy atom. The van der Waals surface area contributed by atoms with E-state index in [-0.39, 0.29) is 11.9 Å². The summed E-state index contributed by atoms with van der Waals surface area (Å²) in [5, 5.41) is 15.4. The fourth-order valence-electron chi connectivity index (χ4n) is 2.21. The second-order valence-corrected chi connectivity index (χ2v) is 5.16. The van der Waals surface area contributed by atoms with Crippen molar-refractivity contribution < 1.29 is 5.21 Å². The molecule has 1 atom stereocenters. The van der Waals surface area contributed by atoms with Crippen molar-refractivity contribution >= 4 is 5.84 Å². The fourth-order valence-corrected chi connectivity index (χ4v) is 2.21. The third-order valence-electron chi connectivity index (χ3n) is 3.58. The normalized spacial score (nSPS) is 13.1. The Bertz CT molecular complexity index is 620. The molecular formula is C17H21N3O. The third kappa shape index (κ3) is 3.83. The molecule has 0 amide bonds. The second kappa shape index (κ2) is 6.90. The van der Waals surface area contributed by atoms with Gasteiger partial charge < -0.3 is 16.3 Å². The zero-order valence-corrected chi connectivity index (χ0v) is 12.4. The van der Waals surface area contributed by atoms with Gasteiger partial charge in [0, 0.05) is 18.2 Å². The minimum absolute atomic E-state index is 0.135.